The Kier molecular flexibility index (Phi) is 3.41. The van der Waals surface area contributed by atoms with Gasteiger partial charge in [-0.25, -0.2) is 0 Å². The zero-order valence-electron chi connectivity index (χ0n) is 11.0. The standard InChI is InChI=1S/C14H10N2O4S/c1-19-9-2-3-11-8(6-9)7-12(21-11)14(18)16-13(17)10-4-5-15-20-10/h2-7H,1H3,(H,16,17,18). The molecule has 0 radical (unpaired) electrons. The number of carbonyl (C=O) groups excluding carboxylic acids is 2. The zero-order chi connectivity index (χ0) is 14.8. The molecule has 2 heterocycles. The maximum Gasteiger partial charge on any atom is 0.296 e. The molecule has 0 bridgehead atoms. The second-order valence-corrected chi connectivity index (χ2v) is 5.26. The Balaban J connectivity index is 1.83. The van der Waals surface area contributed by atoms with E-state index in [0.29, 0.717) is 10.6 Å². The molecule has 0 atom stereocenters. The van der Waals surface area contributed by atoms with Crippen molar-refractivity contribution in [2.75, 3.05) is 7.11 Å². The molecule has 3 aromatic rings. The lowest BCUT2D eigenvalue weighted by Crippen LogP contribution is -2.29. The van der Waals surface area contributed by atoms with E-state index in [2.05, 4.69) is 10.5 Å². The average molecular weight is 302 g/mol. The van der Waals surface area contributed by atoms with Crippen LogP contribution in [0.15, 0.2) is 41.1 Å². The summed E-state index contributed by atoms with van der Waals surface area (Å²) in [6, 6.07) is 8.62. The highest BCUT2D eigenvalue weighted by Crippen LogP contribution is 2.28. The van der Waals surface area contributed by atoms with Gasteiger partial charge in [0, 0.05) is 10.8 Å². The Bertz CT molecular complexity index is 808. The number of rotatable bonds is 3. The zero-order valence-corrected chi connectivity index (χ0v) is 11.8. The number of amides is 2. The average Bonchev–Trinajstić information content (AvgIpc) is 3.15. The van der Waals surface area contributed by atoms with E-state index < -0.39 is 11.8 Å². The maximum atomic E-state index is 12.1. The van der Waals surface area contributed by atoms with Crippen molar-refractivity contribution in [2.45, 2.75) is 0 Å². The quantitative estimate of drug-likeness (QED) is 0.752. The van der Waals surface area contributed by atoms with Crippen molar-refractivity contribution in [3.63, 3.8) is 0 Å². The molecule has 0 fully saturated rings. The molecule has 0 aliphatic carbocycles. The van der Waals surface area contributed by atoms with Crippen LogP contribution in [0.25, 0.3) is 10.1 Å². The number of methoxy groups -OCH3 is 1. The summed E-state index contributed by atoms with van der Waals surface area (Å²) >= 11 is 1.30. The summed E-state index contributed by atoms with van der Waals surface area (Å²) in [4.78, 5) is 24.2. The minimum atomic E-state index is -0.618. The lowest BCUT2D eigenvalue weighted by Gasteiger charge is -1.97. The van der Waals surface area contributed by atoms with Gasteiger partial charge in [-0.3, -0.25) is 14.9 Å². The first-order chi connectivity index (χ1) is 10.2. The number of aromatic nitrogens is 1. The summed E-state index contributed by atoms with van der Waals surface area (Å²) in [7, 11) is 1.58. The molecule has 0 unspecified atom stereocenters. The van der Waals surface area contributed by atoms with Gasteiger partial charge in [0.1, 0.15) is 5.75 Å². The summed E-state index contributed by atoms with van der Waals surface area (Å²) in [6.07, 6.45) is 1.34. The maximum absolute atomic E-state index is 12.1. The summed E-state index contributed by atoms with van der Waals surface area (Å²) in [6.45, 7) is 0. The minimum absolute atomic E-state index is 0.00821. The highest BCUT2D eigenvalue weighted by atomic mass is 32.1. The van der Waals surface area contributed by atoms with E-state index >= 15 is 0 Å². The first-order valence-corrected chi connectivity index (χ1v) is 6.83. The summed E-state index contributed by atoms with van der Waals surface area (Å²) in [5.41, 5.74) is 0. The van der Waals surface area contributed by atoms with Crippen LogP contribution in [0.1, 0.15) is 20.2 Å². The summed E-state index contributed by atoms with van der Waals surface area (Å²) in [5.74, 6) is -0.389. The van der Waals surface area contributed by atoms with Crippen LogP contribution in [-0.4, -0.2) is 24.1 Å². The van der Waals surface area contributed by atoms with Gasteiger partial charge >= 0.3 is 0 Å². The molecule has 0 spiro atoms. The summed E-state index contributed by atoms with van der Waals surface area (Å²) in [5, 5.41) is 6.56. The molecule has 21 heavy (non-hydrogen) atoms. The molecule has 3 rings (SSSR count). The van der Waals surface area contributed by atoms with E-state index in [1.54, 1.807) is 13.2 Å². The van der Waals surface area contributed by atoms with E-state index in [1.165, 1.54) is 23.6 Å². The van der Waals surface area contributed by atoms with Crippen molar-refractivity contribution < 1.29 is 18.8 Å². The first-order valence-electron chi connectivity index (χ1n) is 6.01. The van der Waals surface area contributed by atoms with Gasteiger partial charge in [0.15, 0.2) is 0 Å². The highest BCUT2D eigenvalue weighted by molar-refractivity contribution is 7.20. The van der Waals surface area contributed by atoms with Crippen molar-refractivity contribution >= 4 is 33.2 Å². The normalized spacial score (nSPS) is 10.5. The SMILES string of the molecule is COc1ccc2sc(C(=O)NC(=O)c3ccno3)cc2c1. The Hall–Kier alpha value is -2.67. The monoisotopic (exact) mass is 302 g/mol. The largest absolute Gasteiger partial charge is 0.497 e. The molecule has 0 saturated carbocycles. The number of nitrogens with one attached hydrogen (secondary N) is 1. The van der Waals surface area contributed by atoms with Crippen molar-refractivity contribution in [1.29, 1.82) is 0 Å². The first kappa shape index (κ1) is 13.3. The number of carbonyl (C=O) groups is 2. The van der Waals surface area contributed by atoms with Crippen LogP contribution in [0.4, 0.5) is 0 Å². The number of imide groups is 1. The van der Waals surface area contributed by atoms with Crippen LogP contribution in [0, 0.1) is 0 Å². The van der Waals surface area contributed by atoms with Crippen LogP contribution in [0.3, 0.4) is 0 Å². The number of ether oxygens (including phenoxy) is 1. The molecule has 0 aliphatic heterocycles. The molecular weight excluding hydrogens is 292 g/mol. The second kappa shape index (κ2) is 5.37. The van der Waals surface area contributed by atoms with Gasteiger partial charge in [-0.05, 0) is 29.7 Å². The predicted octanol–water partition coefficient (Wildman–Crippen LogP) is 2.47. The number of nitrogens with zero attached hydrogens (tertiary/aromatic N) is 1. The molecule has 0 saturated heterocycles. The van der Waals surface area contributed by atoms with E-state index in [1.807, 2.05) is 18.2 Å². The Morgan fingerprint density at radius 1 is 1.24 bits per heavy atom. The second-order valence-electron chi connectivity index (χ2n) is 4.17. The molecular formula is C14H10N2O4S. The van der Waals surface area contributed by atoms with E-state index in [9.17, 15) is 9.59 Å². The van der Waals surface area contributed by atoms with Crippen LogP contribution < -0.4 is 10.1 Å². The number of hydrogen-bond donors (Lipinski definition) is 1. The van der Waals surface area contributed by atoms with Gasteiger partial charge in [0.25, 0.3) is 11.8 Å². The Morgan fingerprint density at radius 3 is 2.81 bits per heavy atom. The fraction of sp³-hybridized carbons (Fsp3) is 0.0714. The minimum Gasteiger partial charge on any atom is -0.497 e. The number of thiophene rings is 1. The fourth-order valence-electron chi connectivity index (χ4n) is 1.82. The number of fused-ring (bicyclic) bond motifs is 1. The predicted molar refractivity (Wildman–Crippen MR) is 76.7 cm³/mol. The van der Waals surface area contributed by atoms with E-state index in [0.717, 1.165) is 10.1 Å². The lowest BCUT2D eigenvalue weighted by molar-refractivity contribution is 0.0829. The van der Waals surface area contributed by atoms with Gasteiger partial charge in [0.2, 0.25) is 5.76 Å². The van der Waals surface area contributed by atoms with Gasteiger partial charge in [-0.15, -0.1) is 11.3 Å². The number of hydrogen-bond acceptors (Lipinski definition) is 6. The molecule has 2 aromatic heterocycles. The Labute approximate surface area is 123 Å². The third-order valence-electron chi connectivity index (χ3n) is 2.84. The van der Waals surface area contributed by atoms with Crippen molar-refractivity contribution in [3.8, 4) is 5.75 Å². The third kappa shape index (κ3) is 2.63. The van der Waals surface area contributed by atoms with E-state index in [-0.39, 0.29) is 5.76 Å². The third-order valence-corrected chi connectivity index (χ3v) is 3.95. The van der Waals surface area contributed by atoms with Crippen molar-refractivity contribution in [2.24, 2.45) is 0 Å². The molecule has 7 heteroatoms. The molecule has 0 aliphatic rings. The van der Waals surface area contributed by atoms with E-state index in [4.69, 9.17) is 9.26 Å². The molecule has 2 amide bonds. The molecule has 6 nitrogen and oxygen atoms in total. The summed E-state index contributed by atoms with van der Waals surface area (Å²) < 4.78 is 10.8. The van der Waals surface area contributed by atoms with Crippen molar-refractivity contribution in [3.05, 3.63) is 47.2 Å². The smallest absolute Gasteiger partial charge is 0.296 e. The molecule has 1 aromatic carbocycles. The van der Waals surface area contributed by atoms with Crippen LogP contribution >= 0.6 is 11.3 Å². The highest BCUT2D eigenvalue weighted by Gasteiger charge is 2.17. The Morgan fingerprint density at radius 2 is 2.10 bits per heavy atom. The molecule has 1 N–H and O–H groups in total. The fourth-order valence-corrected chi connectivity index (χ4v) is 2.76. The van der Waals surface area contributed by atoms with Crippen LogP contribution in [-0.2, 0) is 0 Å². The van der Waals surface area contributed by atoms with Gasteiger partial charge < -0.3 is 9.26 Å². The molecule has 106 valence electrons. The topological polar surface area (TPSA) is 81.4 Å². The lowest BCUT2D eigenvalue weighted by atomic mass is 10.2. The van der Waals surface area contributed by atoms with Gasteiger partial charge in [-0.1, -0.05) is 5.16 Å². The van der Waals surface area contributed by atoms with Crippen molar-refractivity contribution in [1.82, 2.24) is 10.5 Å². The van der Waals surface area contributed by atoms with Gasteiger partial charge in [0.05, 0.1) is 18.2 Å². The van der Waals surface area contributed by atoms with Crippen LogP contribution in [0.2, 0.25) is 0 Å². The number of benzene rings is 1. The van der Waals surface area contributed by atoms with Gasteiger partial charge in [-0.2, -0.15) is 0 Å². The van der Waals surface area contributed by atoms with Crippen LogP contribution in [0.5, 0.6) is 5.75 Å².